The van der Waals surface area contributed by atoms with Crippen molar-refractivity contribution < 1.29 is 0 Å². The molecule has 0 saturated carbocycles. The van der Waals surface area contributed by atoms with E-state index >= 15 is 0 Å². The van der Waals surface area contributed by atoms with Gasteiger partial charge in [-0.05, 0) is 19.4 Å². The van der Waals surface area contributed by atoms with Gasteiger partial charge in [0.05, 0.1) is 6.33 Å². The summed E-state index contributed by atoms with van der Waals surface area (Å²) >= 11 is 0. The number of hydrogen-bond donors (Lipinski definition) is 2. The molecule has 2 aromatic rings. The van der Waals surface area contributed by atoms with Crippen molar-refractivity contribution >= 4 is 23.6 Å². The number of fused-ring (bicyclic) bond motifs is 1. The van der Waals surface area contributed by atoms with Gasteiger partial charge in [-0.3, -0.25) is 13.9 Å². The first-order chi connectivity index (χ1) is 8.16. The van der Waals surface area contributed by atoms with Gasteiger partial charge in [0, 0.05) is 13.6 Å². The molecule has 18 heavy (non-hydrogen) atoms. The summed E-state index contributed by atoms with van der Waals surface area (Å²) in [6.45, 7) is 0.943. The SMILES string of the molecule is Cl.Cn1c(=O)n(CCCCN)c(=O)c2[nH]cnc21. The summed E-state index contributed by atoms with van der Waals surface area (Å²) in [4.78, 5) is 30.6. The van der Waals surface area contributed by atoms with Gasteiger partial charge in [0.25, 0.3) is 5.56 Å². The van der Waals surface area contributed by atoms with Gasteiger partial charge in [-0.15, -0.1) is 12.4 Å². The van der Waals surface area contributed by atoms with Gasteiger partial charge in [-0.25, -0.2) is 9.78 Å². The van der Waals surface area contributed by atoms with Crippen LogP contribution in [-0.2, 0) is 13.6 Å². The standard InChI is InChI=1S/C10H15N5O2.ClH/c1-14-8-7(12-6-13-8)9(16)15(10(14)17)5-3-2-4-11;/h6H,2-5,11H2,1H3,(H,12,13);1H. The van der Waals surface area contributed by atoms with Crippen LogP contribution in [0.2, 0.25) is 0 Å². The summed E-state index contributed by atoms with van der Waals surface area (Å²) in [6.07, 6.45) is 2.91. The molecule has 2 aromatic heterocycles. The van der Waals surface area contributed by atoms with Crippen molar-refractivity contribution in [1.29, 1.82) is 0 Å². The lowest BCUT2D eigenvalue weighted by Gasteiger charge is -2.06. The van der Waals surface area contributed by atoms with E-state index in [0.29, 0.717) is 30.7 Å². The third-order valence-electron chi connectivity index (χ3n) is 2.75. The number of imidazole rings is 1. The van der Waals surface area contributed by atoms with Crippen molar-refractivity contribution in [3.05, 3.63) is 27.2 Å². The number of nitrogens with two attached hydrogens (primary N) is 1. The van der Waals surface area contributed by atoms with Crippen LogP contribution >= 0.6 is 12.4 Å². The molecule has 2 rings (SSSR count). The number of unbranched alkanes of at least 4 members (excludes halogenated alkanes) is 1. The number of halogens is 1. The highest BCUT2D eigenvalue weighted by Crippen LogP contribution is 1.99. The lowest BCUT2D eigenvalue weighted by Crippen LogP contribution is -2.39. The van der Waals surface area contributed by atoms with E-state index in [2.05, 4.69) is 9.97 Å². The van der Waals surface area contributed by atoms with Crippen molar-refractivity contribution in [3.8, 4) is 0 Å². The minimum atomic E-state index is -0.341. The topological polar surface area (TPSA) is 98.7 Å². The van der Waals surface area contributed by atoms with Crippen LogP contribution in [0, 0.1) is 0 Å². The van der Waals surface area contributed by atoms with Gasteiger partial charge >= 0.3 is 5.69 Å². The van der Waals surface area contributed by atoms with E-state index in [9.17, 15) is 9.59 Å². The Bertz CT molecular complexity index is 642. The molecule has 0 aliphatic rings. The molecular formula is C10H16ClN5O2. The van der Waals surface area contributed by atoms with Crippen LogP contribution in [-0.4, -0.2) is 25.6 Å². The van der Waals surface area contributed by atoms with Crippen molar-refractivity contribution in [3.63, 3.8) is 0 Å². The smallest absolute Gasteiger partial charge is 0.332 e. The zero-order valence-electron chi connectivity index (χ0n) is 10.0. The lowest BCUT2D eigenvalue weighted by atomic mass is 10.3. The zero-order chi connectivity index (χ0) is 12.4. The third-order valence-corrected chi connectivity index (χ3v) is 2.75. The molecule has 3 N–H and O–H groups in total. The Hall–Kier alpha value is -1.60. The monoisotopic (exact) mass is 273 g/mol. The number of nitrogens with one attached hydrogen (secondary N) is 1. The molecule has 0 saturated heterocycles. The maximum Gasteiger partial charge on any atom is 0.332 e. The predicted molar refractivity (Wildman–Crippen MR) is 71.1 cm³/mol. The van der Waals surface area contributed by atoms with Crippen LogP contribution in [0.4, 0.5) is 0 Å². The molecule has 0 bridgehead atoms. The maximum atomic E-state index is 12.0. The fourth-order valence-corrected chi connectivity index (χ4v) is 1.80. The highest BCUT2D eigenvalue weighted by Gasteiger charge is 2.11. The Morgan fingerprint density at radius 1 is 1.39 bits per heavy atom. The van der Waals surface area contributed by atoms with E-state index in [0.717, 1.165) is 6.42 Å². The van der Waals surface area contributed by atoms with Gasteiger partial charge in [0.2, 0.25) is 0 Å². The average Bonchev–Trinajstić information content (AvgIpc) is 2.80. The van der Waals surface area contributed by atoms with E-state index in [1.807, 2.05) is 0 Å². The highest BCUT2D eigenvalue weighted by atomic mass is 35.5. The highest BCUT2D eigenvalue weighted by molar-refractivity contribution is 5.85. The van der Waals surface area contributed by atoms with Crippen LogP contribution in [0.15, 0.2) is 15.9 Å². The van der Waals surface area contributed by atoms with E-state index < -0.39 is 0 Å². The van der Waals surface area contributed by atoms with Gasteiger partial charge in [-0.1, -0.05) is 0 Å². The number of aromatic nitrogens is 4. The fourth-order valence-electron chi connectivity index (χ4n) is 1.80. The second-order valence-corrected chi connectivity index (χ2v) is 3.90. The molecule has 0 aliphatic heterocycles. The molecular weight excluding hydrogens is 258 g/mol. The van der Waals surface area contributed by atoms with Crippen LogP contribution in [0.1, 0.15) is 12.8 Å². The predicted octanol–water partition coefficient (Wildman–Crippen LogP) is -0.416. The Balaban J connectivity index is 0.00000162. The molecule has 0 atom stereocenters. The molecule has 0 radical (unpaired) electrons. The number of nitrogens with zero attached hydrogens (tertiary/aromatic N) is 3. The second-order valence-electron chi connectivity index (χ2n) is 3.90. The van der Waals surface area contributed by atoms with E-state index in [1.54, 1.807) is 7.05 Å². The molecule has 0 unspecified atom stereocenters. The molecule has 0 aromatic carbocycles. The summed E-state index contributed by atoms with van der Waals surface area (Å²) in [7, 11) is 1.60. The molecule has 7 nitrogen and oxygen atoms in total. The zero-order valence-corrected chi connectivity index (χ0v) is 10.9. The number of H-pyrrole nitrogens is 1. The molecule has 0 fully saturated rings. The van der Waals surface area contributed by atoms with Gasteiger partial charge in [-0.2, -0.15) is 0 Å². The number of hydrogen-bond acceptors (Lipinski definition) is 4. The summed E-state index contributed by atoms with van der Waals surface area (Å²) < 4.78 is 2.59. The summed E-state index contributed by atoms with van der Waals surface area (Å²) in [5, 5.41) is 0. The molecule has 2 heterocycles. The second kappa shape index (κ2) is 5.83. The first-order valence-electron chi connectivity index (χ1n) is 5.49. The average molecular weight is 274 g/mol. The minimum Gasteiger partial charge on any atom is -0.339 e. The summed E-state index contributed by atoms with van der Waals surface area (Å²) in [5.41, 5.74) is 5.47. The van der Waals surface area contributed by atoms with Crippen LogP contribution in [0.5, 0.6) is 0 Å². The van der Waals surface area contributed by atoms with Crippen LogP contribution in [0.25, 0.3) is 11.2 Å². The Labute approximate surface area is 109 Å². The Kier molecular flexibility index (Phi) is 4.69. The molecule has 0 spiro atoms. The van der Waals surface area contributed by atoms with Crippen molar-refractivity contribution in [2.24, 2.45) is 12.8 Å². The van der Waals surface area contributed by atoms with Crippen molar-refractivity contribution in [2.45, 2.75) is 19.4 Å². The molecule has 8 heteroatoms. The quantitative estimate of drug-likeness (QED) is 0.740. The minimum absolute atomic E-state index is 0. The van der Waals surface area contributed by atoms with Crippen molar-refractivity contribution in [2.75, 3.05) is 6.54 Å². The summed E-state index contributed by atoms with van der Waals surface area (Å²) in [6, 6.07) is 0. The van der Waals surface area contributed by atoms with Crippen molar-refractivity contribution in [1.82, 2.24) is 19.1 Å². The van der Waals surface area contributed by atoms with Gasteiger partial charge < -0.3 is 10.7 Å². The van der Waals surface area contributed by atoms with Crippen LogP contribution in [0.3, 0.4) is 0 Å². The molecule has 0 amide bonds. The first-order valence-corrected chi connectivity index (χ1v) is 5.49. The third kappa shape index (κ3) is 2.32. The number of aromatic amines is 1. The normalized spacial score (nSPS) is 10.6. The molecule has 0 aliphatic carbocycles. The number of rotatable bonds is 4. The maximum absolute atomic E-state index is 12.0. The van der Waals surface area contributed by atoms with E-state index in [-0.39, 0.29) is 23.7 Å². The van der Waals surface area contributed by atoms with Crippen LogP contribution < -0.4 is 17.0 Å². The Morgan fingerprint density at radius 3 is 2.78 bits per heavy atom. The Morgan fingerprint density at radius 2 is 2.11 bits per heavy atom. The van der Waals surface area contributed by atoms with E-state index in [4.69, 9.17) is 5.73 Å². The largest absolute Gasteiger partial charge is 0.339 e. The van der Waals surface area contributed by atoms with Gasteiger partial charge in [0.1, 0.15) is 5.52 Å². The summed E-state index contributed by atoms with van der Waals surface area (Å²) in [5.74, 6) is 0. The fraction of sp³-hybridized carbons (Fsp3) is 0.500. The molecule has 100 valence electrons. The van der Waals surface area contributed by atoms with Gasteiger partial charge in [0.15, 0.2) is 5.65 Å². The lowest BCUT2D eigenvalue weighted by molar-refractivity contribution is 0.558. The number of aryl methyl sites for hydroxylation is 1. The van der Waals surface area contributed by atoms with E-state index in [1.165, 1.54) is 15.5 Å². The first kappa shape index (κ1) is 14.5.